The molecule has 0 aromatic heterocycles. The summed E-state index contributed by atoms with van der Waals surface area (Å²) in [6.45, 7) is 1.89. The monoisotopic (exact) mass is 273 g/mol. The van der Waals surface area contributed by atoms with Gasteiger partial charge in [-0.3, -0.25) is 4.79 Å². The number of carbonyl (C=O) groups is 1. The van der Waals surface area contributed by atoms with Crippen molar-refractivity contribution in [1.29, 1.82) is 0 Å². The Kier molecular flexibility index (Phi) is 5.59. The second kappa shape index (κ2) is 6.73. The lowest BCUT2D eigenvalue weighted by molar-refractivity contribution is 0.0735. The Balaban J connectivity index is 2.83. The van der Waals surface area contributed by atoms with E-state index in [1.54, 1.807) is 18.8 Å². The van der Waals surface area contributed by atoms with E-state index >= 15 is 0 Å². The van der Waals surface area contributed by atoms with E-state index in [4.69, 9.17) is 0 Å². The van der Waals surface area contributed by atoms with Gasteiger partial charge in [0.2, 0.25) is 0 Å². The smallest absolute Gasteiger partial charge is 0.256 e. The molecule has 0 saturated heterocycles. The lowest BCUT2D eigenvalue weighted by Gasteiger charge is -2.25. The van der Waals surface area contributed by atoms with Gasteiger partial charge in [-0.2, -0.15) is 11.8 Å². The zero-order chi connectivity index (χ0) is 13.7. The van der Waals surface area contributed by atoms with Gasteiger partial charge in [-0.05, 0) is 37.5 Å². The van der Waals surface area contributed by atoms with Crippen molar-refractivity contribution in [3.05, 3.63) is 35.4 Å². The molecule has 1 unspecified atom stereocenters. The predicted molar refractivity (Wildman–Crippen MR) is 70.9 cm³/mol. The molecular formula is C13H17F2NOS. The molecule has 0 heterocycles. The molecule has 1 rings (SSSR count). The summed E-state index contributed by atoms with van der Waals surface area (Å²) in [6, 6.07) is 3.64. The van der Waals surface area contributed by atoms with Gasteiger partial charge in [-0.1, -0.05) is 6.07 Å². The molecular weight excluding hydrogens is 256 g/mol. The van der Waals surface area contributed by atoms with Crippen LogP contribution in [-0.2, 0) is 0 Å². The zero-order valence-corrected chi connectivity index (χ0v) is 11.6. The summed E-state index contributed by atoms with van der Waals surface area (Å²) in [4.78, 5) is 13.5. The zero-order valence-electron chi connectivity index (χ0n) is 10.7. The lowest BCUT2D eigenvalue weighted by Crippen LogP contribution is -2.36. The highest BCUT2D eigenvalue weighted by Gasteiger charge is 2.21. The molecule has 0 N–H and O–H groups in total. The third-order valence-corrected chi connectivity index (χ3v) is 3.55. The van der Waals surface area contributed by atoms with Gasteiger partial charge in [0.05, 0.1) is 5.56 Å². The van der Waals surface area contributed by atoms with Gasteiger partial charge in [0.15, 0.2) is 11.6 Å². The van der Waals surface area contributed by atoms with Crippen LogP contribution in [-0.4, -0.2) is 35.9 Å². The normalized spacial score (nSPS) is 12.3. The Morgan fingerprint density at radius 3 is 2.72 bits per heavy atom. The van der Waals surface area contributed by atoms with Crippen molar-refractivity contribution in [2.24, 2.45) is 0 Å². The largest absolute Gasteiger partial charge is 0.339 e. The maximum atomic E-state index is 13.5. The summed E-state index contributed by atoms with van der Waals surface area (Å²) < 4.78 is 26.6. The quantitative estimate of drug-likeness (QED) is 0.821. The van der Waals surface area contributed by atoms with Crippen LogP contribution in [0.2, 0.25) is 0 Å². The number of amides is 1. The van der Waals surface area contributed by atoms with Crippen LogP contribution in [0.5, 0.6) is 0 Å². The molecule has 0 aliphatic rings. The Morgan fingerprint density at radius 2 is 2.11 bits per heavy atom. The van der Waals surface area contributed by atoms with Crippen LogP contribution in [0.15, 0.2) is 18.2 Å². The van der Waals surface area contributed by atoms with E-state index in [2.05, 4.69) is 0 Å². The van der Waals surface area contributed by atoms with Crippen LogP contribution in [0, 0.1) is 11.6 Å². The predicted octanol–water partition coefficient (Wildman–Crippen LogP) is 3.18. The SMILES string of the molecule is CSCCC(C)N(C)C(=O)c1cccc(F)c1F. The van der Waals surface area contributed by atoms with Crippen LogP contribution >= 0.6 is 11.8 Å². The molecule has 100 valence electrons. The molecule has 0 radical (unpaired) electrons. The number of rotatable bonds is 5. The topological polar surface area (TPSA) is 20.3 Å². The highest BCUT2D eigenvalue weighted by Crippen LogP contribution is 2.15. The fraction of sp³-hybridized carbons (Fsp3) is 0.462. The summed E-state index contributed by atoms with van der Waals surface area (Å²) in [5, 5.41) is 0. The fourth-order valence-corrected chi connectivity index (χ4v) is 2.12. The molecule has 2 nitrogen and oxygen atoms in total. The minimum Gasteiger partial charge on any atom is -0.339 e. The number of nitrogens with zero attached hydrogens (tertiary/aromatic N) is 1. The maximum absolute atomic E-state index is 13.5. The van der Waals surface area contributed by atoms with Crippen molar-refractivity contribution < 1.29 is 13.6 Å². The Labute approximate surface area is 110 Å². The van der Waals surface area contributed by atoms with E-state index in [1.807, 2.05) is 13.2 Å². The van der Waals surface area contributed by atoms with Crippen molar-refractivity contribution in [2.75, 3.05) is 19.1 Å². The van der Waals surface area contributed by atoms with E-state index in [-0.39, 0.29) is 11.6 Å². The molecule has 0 aliphatic carbocycles. The van der Waals surface area contributed by atoms with Crippen molar-refractivity contribution in [2.45, 2.75) is 19.4 Å². The highest BCUT2D eigenvalue weighted by molar-refractivity contribution is 7.98. The van der Waals surface area contributed by atoms with E-state index in [0.717, 1.165) is 18.2 Å². The molecule has 1 atom stereocenters. The number of thioether (sulfide) groups is 1. The number of benzene rings is 1. The Hall–Kier alpha value is -1.10. The van der Waals surface area contributed by atoms with Gasteiger partial charge in [0.25, 0.3) is 5.91 Å². The first-order chi connectivity index (χ1) is 8.49. The van der Waals surface area contributed by atoms with Crippen molar-refractivity contribution in [3.8, 4) is 0 Å². The van der Waals surface area contributed by atoms with E-state index < -0.39 is 17.5 Å². The van der Waals surface area contributed by atoms with Crippen LogP contribution in [0.25, 0.3) is 0 Å². The fourth-order valence-electron chi connectivity index (χ4n) is 1.54. The highest BCUT2D eigenvalue weighted by atomic mass is 32.2. The average Bonchev–Trinajstić information content (AvgIpc) is 2.37. The molecule has 18 heavy (non-hydrogen) atoms. The summed E-state index contributed by atoms with van der Waals surface area (Å²) in [5.74, 6) is -1.64. The molecule has 0 saturated carbocycles. The number of hydrogen-bond donors (Lipinski definition) is 0. The summed E-state index contributed by atoms with van der Waals surface area (Å²) >= 11 is 1.69. The number of halogens is 2. The summed E-state index contributed by atoms with van der Waals surface area (Å²) in [5.41, 5.74) is -0.214. The van der Waals surface area contributed by atoms with E-state index in [1.165, 1.54) is 17.0 Å². The van der Waals surface area contributed by atoms with E-state index in [0.29, 0.717) is 0 Å². The summed E-state index contributed by atoms with van der Waals surface area (Å²) in [6.07, 6.45) is 2.81. The molecule has 0 spiro atoms. The van der Waals surface area contributed by atoms with Gasteiger partial charge in [0, 0.05) is 13.1 Å². The number of hydrogen-bond acceptors (Lipinski definition) is 2. The van der Waals surface area contributed by atoms with Gasteiger partial charge in [-0.15, -0.1) is 0 Å². The molecule has 5 heteroatoms. The molecule has 1 aromatic carbocycles. The van der Waals surface area contributed by atoms with Gasteiger partial charge >= 0.3 is 0 Å². The molecule has 0 bridgehead atoms. The first-order valence-electron chi connectivity index (χ1n) is 5.69. The maximum Gasteiger partial charge on any atom is 0.256 e. The van der Waals surface area contributed by atoms with Crippen molar-refractivity contribution in [3.63, 3.8) is 0 Å². The van der Waals surface area contributed by atoms with Gasteiger partial charge in [0.1, 0.15) is 0 Å². The first kappa shape index (κ1) is 15.0. The molecule has 0 aliphatic heterocycles. The lowest BCUT2D eigenvalue weighted by atomic mass is 10.1. The average molecular weight is 273 g/mol. The van der Waals surface area contributed by atoms with Crippen molar-refractivity contribution in [1.82, 2.24) is 4.90 Å². The van der Waals surface area contributed by atoms with E-state index in [9.17, 15) is 13.6 Å². The van der Waals surface area contributed by atoms with Gasteiger partial charge in [-0.25, -0.2) is 8.78 Å². The number of carbonyl (C=O) groups excluding carboxylic acids is 1. The van der Waals surface area contributed by atoms with Gasteiger partial charge < -0.3 is 4.90 Å². The first-order valence-corrected chi connectivity index (χ1v) is 7.08. The third-order valence-electron chi connectivity index (χ3n) is 2.90. The second-order valence-electron chi connectivity index (χ2n) is 4.15. The molecule has 1 amide bonds. The molecule has 0 fully saturated rings. The minimum absolute atomic E-state index is 0.00684. The van der Waals surface area contributed by atoms with Crippen molar-refractivity contribution >= 4 is 17.7 Å². The van der Waals surface area contributed by atoms with Crippen LogP contribution < -0.4 is 0 Å². The summed E-state index contributed by atoms with van der Waals surface area (Å²) in [7, 11) is 1.61. The van der Waals surface area contributed by atoms with Crippen LogP contribution in [0.4, 0.5) is 8.78 Å². The Morgan fingerprint density at radius 1 is 1.44 bits per heavy atom. The standard InChI is InChI=1S/C13H17F2NOS/c1-9(7-8-18-3)16(2)13(17)10-5-4-6-11(14)12(10)15/h4-6,9H,7-8H2,1-3H3. The third kappa shape index (κ3) is 3.45. The molecule has 1 aromatic rings. The van der Waals surface area contributed by atoms with Crippen LogP contribution in [0.1, 0.15) is 23.7 Å². The van der Waals surface area contributed by atoms with Crippen LogP contribution in [0.3, 0.4) is 0 Å². The minimum atomic E-state index is -1.08. The Bertz CT molecular complexity index is 425. The second-order valence-corrected chi connectivity index (χ2v) is 5.13.